The maximum Gasteiger partial charge on any atom is 0.268 e. The summed E-state index contributed by atoms with van der Waals surface area (Å²) in [6.45, 7) is 3.22. The molecule has 1 aromatic heterocycles. The molecule has 7 nitrogen and oxygen atoms in total. The highest BCUT2D eigenvalue weighted by atomic mass is 35.5. The standard InChI is InChI=1S/C24H23Cl2N3O4/c1-24(11-32-12-24)28-22(30)16-6-5-15-17(7-8-33-21(15)20(16)26)27-23(31)19-9-13-3-4-14(25)10-18(13)29(19)2/h3-6,9-10,17H,7-8,11-12H2,1-2H3,(H,27,31)(H,28,30)/t17-/m1/s1. The number of ether oxygens (including phenoxy) is 2. The van der Waals surface area contributed by atoms with Crippen LogP contribution < -0.4 is 15.4 Å². The second-order valence-electron chi connectivity index (χ2n) is 8.81. The highest BCUT2D eigenvalue weighted by Gasteiger charge is 2.36. The van der Waals surface area contributed by atoms with Crippen molar-refractivity contribution in [2.24, 2.45) is 7.05 Å². The summed E-state index contributed by atoms with van der Waals surface area (Å²) in [6.07, 6.45) is 0.589. The Kier molecular flexibility index (Phi) is 5.51. The lowest BCUT2D eigenvalue weighted by molar-refractivity contribution is -0.0593. The van der Waals surface area contributed by atoms with Gasteiger partial charge in [-0.05, 0) is 31.2 Å². The summed E-state index contributed by atoms with van der Waals surface area (Å²) in [6, 6.07) is 10.5. The van der Waals surface area contributed by atoms with E-state index in [0.29, 0.717) is 48.3 Å². The van der Waals surface area contributed by atoms with E-state index in [9.17, 15) is 9.59 Å². The Morgan fingerprint density at radius 2 is 1.91 bits per heavy atom. The van der Waals surface area contributed by atoms with Crippen LogP contribution in [0.1, 0.15) is 45.8 Å². The van der Waals surface area contributed by atoms with Gasteiger partial charge in [-0.2, -0.15) is 0 Å². The number of carbonyl (C=O) groups is 2. The molecule has 2 N–H and O–H groups in total. The van der Waals surface area contributed by atoms with Gasteiger partial charge in [0.15, 0.2) is 0 Å². The quantitative estimate of drug-likeness (QED) is 0.575. The number of rotatable bonds is 4. The predicted octanol–water partition coefficient (Wildman–Crippen LogP) is 4.26. The highest BCUT2D eigenvalue weighted by Crippen LogP contribution is 2.40. The number of aryl methyl sites for hydroxylation is 1. The molecule has 9 heteroatoms. The molecule has 2 aliphatic rings. The van der Waals surface area contributed by atoms with E-state index < -0.39 is 5.54 Å². The van der Waals surface area contributed by atoms with Crippen LogP contribution in [-0.2, 0) is 11.8 Å². The van der Waals surface area contributed by atoms with E-state index in [2.05, 4.69) is 10.6 Å². The van der Waals surface area contributed by atoms with Crippen LogP contribution >= 0.6 is 23.2 Å². The van der Waals surface area contributed by atoms with Crippen LogP contribution in [0.5, 0.6) is 5.75 Å². The van der Waals surface area contributed by atoms with Crippen LogP contribution in [0.15, 0.2) is 36.4 Å². The number of hydrogen-bond acceptors (Lipinski definition) is 4. The van der Waals surface area contributed by atoms with Gasteiger partial charge in [-0.1, -0.05) is 35.3 Å². The van der Waals surface area contributed by atoms with Gasteiger partial charge in [-0.3, -0.25) is 9.59 Å². The van der Waals surface area contributed by atoms with E-state index in [1.807, 2.05) is 36.7 Å². The van der Waals surface area contributed by atoms with Crippen LogP contribution in [0, 0.1) is 0 Å². The van der Waals surface area contributed by atoms with Gasteiger partial charge in [0.2, 0.25) is 0 Å². The fourth-order valence-electron chi connectivity index (χ4n) is 4.33. The molecule has 2 aliphatic heterocycles. The maximum absolute atomic E-state index is 13.1. The SMILES string of the molecule is Cn1c(C(=O)N[C@@H]2CCOc3c2ccc(C(=O)NC2(C)COC2)c3Cl)cc2ccc(Cl)cc21. The minimum atomic E-state index is -0.392. The summed E-state index contributed by atoms with van der Waals surface area (Å²) in [7, 11) is 1.83. The van der Waals surface area contributed by atoms with Crippen molar-refractivity contribution in [1.82, 2.24) is 15.2 Å². The molecule has 0 spiro atoms. The van der Waals surface area contributed by atoms with Gasteiger partial charge in [-0.15, -0.1) is 0 Å². The molecular formula is C24H23Cl2N3O4. The molecule has 172 valence electrons. The van der Waals surface area contributed by atoms with Gasteiger partial charge < -0.3 is 24.7 Å². The molecule has 0 radical (unpaired) electrons. The number of carbonyl (C=O) groups excluding carboxylic acids is 2. The lowest BCUT2D eigenvalue weighted by Crippen LogP contribution is -2.59. The number of aromatic nitrogens is 1. The minimum absolute atomic E-state index is 0.210. The summed E-state index contributed by atoms with van der Waals surface area (Å²) in [5, 5.41) is 7.84. The number of nitrogens with one attached hydrogen (secondary N) is 2. The van der Waals surface area contributed by atoms with Crippen molar-refractivity contribution in [3.8, 4) is 5.75 Å². The van der Waals surface area contributed by atoms with Gasteiger partial charge in [0.05, 0.1) is 42.0 Å². The highest BCUT2D eigenvalue weighted by molar-refractivity contribution is 6.35. The summed E-state index contributed by atoms with van der Waals surface area (Å²) < 4.78 is 12.8. The summed E-state index contributed by atoms with van der Waals surface area (Å²) in [5.41, 5.74) is 2.09. The van der Waals surface area contributed by atoms with Crippen LogP contribution in [0.2, 0.25) is 10.0 Å². The molecule has 0 aliphatic carbocycles. The number of amides is 2. The van der Waals surface area contributed by atoms with Gasteiger partial charge in [0.25, 0.3) is 11.8 Å². The molecule has 0 bridgehead atoms. The molecule has 1 atom stereocenters. The molecule has 2 amide bonds. The van der Waals surface area contributed by atoms with E-state index in [0.717, 1.165) is 16.5 Å². The predicted molar refractivity (Wildman–Crippen MR) is 126 cm³/mol. The summed E-state index contributed by atoms with van der Waals surface area (Å²) >= 11 is 12.7. The van der Waals surface area contributed by atoms with Gasteiger partial charge in [-0.25, -0.2) is 0 Å². The zero-order valence-corrected chi connectivity index (χ0v) is 19.7. The van der Waals surface area contributed by atoms with E-state index in [1.54, 1.807) is 18.2 Å². The third kappa shape index (κ3) is 3.94. The zero-order chi connectivity index (χ0) is 23.3. The van der Waals surface area contributed by atoms with Crippen molar-refractivity contribution in [3.63, 3.8) is 0 Å². The first-order valence-electron chi connectivity index (χ1n) is 10.7. The molecule has 5 rings (SSSR count). The molecule has 1 fully saturated rings. The van der Waals surface area contributed by atoms with Crippen molar-refractivity contribution < 1.29 is 19.1 Å². The Morgan fingerprint density at radius 1 is 1.12 bits per heavy atom. The third-order valence-corrected chi connectivity index (χ3v) is 6.81. The van der Waals surface area contributed by atoms with Crippen LogP contribution in [0.25, 0.3) is 10.9 Å². The Labute approximate surface area is 200 Å². The number of benzene rings is 2. The Hall–Kier alpha value is -2.74. The third-order valence-electron chi connectivity index (χ3n) is 6.20. The molecule has 3 heterocycles. The molecule has 0 unspecified atom stereocenters. The second kappa shape index (κ2) is 8.24. The van der Waals surface area contributed by atoms with Crippen molar-refractivity contribution in [1.29, 1.82) is 0 Å². The normalized spacial score (nSPS) is 18.7. The molecular weight excluding hydrogens is 465 g/mol. The number of halogens is 2. The molecule has 1 saturated heterocycles. The van der Waals surface area contributed by atoms with Crippen molar-refractivity contribution in [2.45, 2.75) is 24.9 Å². The van der Waals surface area contributed by atoms with E-state index in [4.69, 9.17) is 32.7 Å². The van der Waals surface area contributed by atoms with E-state index in [-0.39, 0.29) is 22.9 Å². The fourth-order valence-corrected chi connectivity index (χ4v) is 4.81. The van der Waals surface area contributed by atoms with E-state index >= 15 is 0 Å². The number of nitrogens with zero attached hydrogens (tertiary/aromatic N) is 1. The first kappa shape index (κ1) is 22.1. The molecule has 33 heavy (non-hydrogen) atoms. The minimum Gasteiger partial charge on any atom is -0.492 e. The van der Waals surface area contributed by atoms with Crippen molar-refractivity contribution >= 4 is 45.9 Å². The molecule has 0 saturated carbocycles. The van der Waals surface area contributed by atoms with Crippen LogP contribution in [0.4, 0.5) is 0 Å². The Balaban J connectivity index is 1.39. The largest absolute Gasteiger partial charge is 0.492 e. The van der Waals surface area contributed by atoms with Crippen LogP contribution in [0.3, 0.4) is 0 Å². The van der Waals surface area contributed by atoms with Crippen molar-refractivity contribution in [3.05, 3.63) is 63.3 Å². The first-order chi connectivity index (χ1) is 15.8. The lowest BCUT2D eigenvalue weighted by Gasteiger charge is -2.38. The average molecular weight is 488 g/mol. The summed E-state index contributed by atoms with van der Waals surface area (Å²) in [4.78, 5) is 25.9. The lowest BCUT2D eigenvalue weighted by atomic mass is 9.96. The fraction of sp³-hybridized carbons (Fsp3) is 0.333. The smallest absolute Gasteiger partial charge is 0.268 e. The Bertz CT molecular complexity index is 1280. The average Bonchev–Trinajstić information content (AvgIpc) is 3.09. The maximum atomic E-state index is 13.1. The Morgan fingerprint density at radius 3 is 2.64 bits per heavy atom. The molecule has 3 aromatic rings. The second-order valence-corrected chi connectivity index (χ2v) is 9.62. The summed E-state index contributed by atoms with van der Waals surface area (Å²) in [5.74, 6) is -0.0595. The van der Waals surface area contributed by atoms with Crippen molar-refractivity contribution in [2.75, 3.05) is 19.8 Å². The first-order valence-corrected chi connectivity index (χ1v) is 11.4. The monoisotopic (exact) mass is 487 g/mol. The number of hydrogen-bond donors (Lipinski definition) is 2. The number of fused-ring (bicyclic) bond motifs is 2. The zero-order valence-electron chi connectivity index (χ0n) is 18.2. The molecule has 2 aromatic carbocycles. The van der Waals surface area contributed by atoms with Gasteiger partial charge in [0.1, 0.15) is 11.4 Å². The van der Waals surface area contributed by atoms with Crippen LogP contribution in [-0.4, -0.2) is 41.7 Å². The topological polar surface area (TPSA) is 81.6 Å². The van der Waals surface area contributed by atoms with Gasteiger partial charge >= 0.3 is 0 Å². The van der Waals surface area contributed by atoms with E-state index in [1.165, 1.54) is 0 Å². The van der Waals surface area contributed by atoms with Gasteiger partial charge in [0, 0.05) is 35.0 Å².